The Bertz CT molecular complexity index is 482. The van der Waals surface area contributed by atoms with E-state index in [4.69, 9.17) is 5.26 Å². The minimum absolute atomic E-state index is 0.0749. The molecule has 0 unspecified atom stereocenters. The van der Waals surface area contributed by atoms with Gasteiger partial charge in [-0.3, -0.25) is 4.79 Å². The third-order valence-corrected chi connectivity index (χ3v) is 4.07. The van der Waals surface area contributed by atoms with Gasteiger partial charge >= 0.3 is 0 Å². The summed E-state index contributed by atoms with van der Waals surface area (Å²) in [7, 11) is 0. The van der Waals surface area contributed by atoms with Gasteiger partial charge in [0.25, 0.3) is 0 Å². The standard InChI is InChI=1S/C16H20N2O/c1-3-18(16(19)15-5-4-6-15)12(2)14-9-7-13(11-17)8-10-14/h7-10,12,15H,3-6H2,1-2H3/t12-/m0/s1. The molecule has 1 aliphatic carbocycles. The Morgan fingerprint density at radius 1 is 1.42 bits per heavy atom. The maximum Gasteiger partial charge on any atom is 0.226 e. The molecule has 0 saturated heterocycles. The molecule has 0 spiro atoms. The summed E-state index contributed by atoms with van der Waals surface area (Å²) in [6, 6.07) is 9.70. The lowest BCUT2D eigenvalue weighted by molar-refractivity contribution is -0.140. The molecule has 1 aromatic rings. The van der Waals surface area contributed by atoms with Gasteiger partial charge in [-0.25, -0.2) is 0 Å². The zero-order chi connectivity index (χ0) is 13.8. The first-order chi connectivity index (χ1) is 9.17. The molecule has 1 fully saturated rings. The van der Waals surface area contributed by atoms with Crippen molar-refractivity contribution in [1.29, 1.82) is 5.26 Å². The molecular formula is C16H20N2O. The number of rotatable bonds is 4. The highest BCUT2D eigenvalue weighted by atomic mass is 16.2. The predicted octanol–water partition coefficient (Wildman–Crippen LogP) is 3.27. The Morgan fingerprint density at radius 2 is 2.05 bits per heavy atom. The summed E-state index contributed by atoms with van der Waals surface area (Å²) in [6.07, 6.45) is 3.25. The van der Waals surface area contributed by atoms with Crippen LogP contribution in [-0.2, 0) is 4.79 Å². The molecule has 3 nitrogen and oxygen atoms in total. The first-order valence-electron chi connectivity index (χ1n) is 6.98. The molecule has 0 bridgehead atoms. The number of hydrogen-bond acceptors (Lipinski definition) is 2. The van der Waals surface area contributed by atoms with E-state index in [0.717, 1.165) is 24.9 Å². The second-order valence-electron chi connectivity index (χ2n) is 5.16. The average Bonchev–Trinajstić information content (AvgIpc) is 2.37. The van der Waals surface area contributed by atoms with Crippen LogP contribution in [0.1, 0.15) is 50.3 Å². The normalized spacial score (nSPS) is 16.3. The Hall–Kier alpha value is -1.82. The maximum atomic E-state index is 12.4. The number of carbonyl (C=O) groups excluding carboxylic acids is 1. The molecule has 0 radical (unpaired) electrons. The second kappa shape index (κ2) is 5.88. The Morgan fingerprint density at radius 3 is 2.47 bits per heavy atom. The highest BCUT2D eigenvalue weighted by Gasteiger charge is 2.31. The van der Waals surface area contributed by atoms with Gasteiger partial charge in [0.2, 0.25) is 5.91 Å². The van der Waals surface area contributed by atoms with Gasteiger partial charge in [0.05, 0.1) is 17.7 Å². The van der Waals surface area contributed by atoms with Crippen LogP contribution < -0.4 is 0 Å². The molecule has 1 saturated carbocycles. The molecule has 0 N–H and O–H groups in total. The molecule has 1 aromatic carbocycles. The molecule has 0 aliphatic heterocycles. The van der Waals surface area contributed by atoms with Crippen LogP contribution in [-0.4, -0.2) is 17.4 Å². The fourth-order valence-corrected chi connectivity index (χ4v) is 2.53. The second-order valence-corrected chi connectivity index (χ2v) is 5.16. The molecule has 3 heteroatoms. The maximum absolute atomic E-state index is 12.4. The van der Waals surface area contributed by atoms with Crippen LogP contribution in [0, 0.1) is 17.2 Å². The van der Waals surface area contributed by atoms with Crippen molar-refractivity contribution in [1.82, 2.24) is 4.90 Å². The molecule has 2 rings (SSSR count). The molecule has 1 atom stereocenters. The third kappa shape index (κ3) is 2.78. The summed E-state index contributed by atoms with van der Waals surface area (Å²) in [6.45, 7) is 4.81. The summed E-state index contributed by atoms with van der Waals surface area (Å²) in [5.41, 5.74) is 1.75. The first kappa shape index (κ1) is 13.6. The molecule has 1 amide bonds. The van der Waals surface area contributed by atoms with Crippen molar-refractivity contribution in [2.75, 3.05) is 6.54 Å². The summed E-state index contributed by atoms with van der Waals surface area (Å²) in [5.74, 6) is 0.520. The lowest BCUT2D eigenvalue weighted by atomic mass is 9.84. The van der Waals surface area contributed by atoms with Gasteiger partial charge in [0.15, 0.2) is 0 Å². The summed E-state index contributed by atoms with van der Waals surface area (Å²) in [4.78, 5) is 14.3. The van der Waals surface area contributed by atoms with E-state index in [2.05, 4.69) is 13.0 Å². The molecule has 0 aromatic heterocycles. The van der Waals surface area contributed by atoms with E-state index in [1.165, 1.54) is 6.42 Å². The quantitative estimate of drug-likeness (QED) is 0.830. The fourth-order valence-electron chi connectivity index (χ4n) is 2.53. The van der Waals surface area contributed by atoms with E-state index in [1.807, 2.05) is 36.1 Å². The lowest BCUT2D eigenvalue weighted by Crippen LogP contribution is -2.40. The monoisotopic (exact) mass is 256 g/mol. The van der Waals surface area contributed by atoms with Crippen molar-refractivity contribution in [3.8, 4) is 6.07 Å². The van der Waals surface area contributed by atoms with Gasteiger partial charge in [0.1, 0.15) is 0 Å². The summed E-state index contributed by atoms with van der Waals surface area (Å²) in [5, 5.41) is 8.81. The van der Waals surface area contributed by atoms with E-state index >= 15 is 0 Å². The van der Waals surface area contributed by atoms with Crippen molar-refractivity contribution in [2.24, 2.45) is 5.92 Å². The van der Waals surface area contributed by atoms with E-state index in [9.17, 15) is 4.79 Å². The summed E-state index contributed by atoms with van der Waals surface area (Å²) >= 11 is 0. The van der Waals surface area contributed by atoms with Crippen LogP contribution in [0.3, 0.4) is 0 Å². The molecule has 19 heavy (non-hydrogen) atoms. The number of nitriles is 1. The van der Waals surface area contributed by atoms with Gasteiger partial charge in [0, 0.05) is 12.5 Å². The molecular weight excluding hydrogens is 236 g/mol. The Labute approximate surface area is 114 Å². The number of benzene rings is 1. The Balaban J connectivity index is 2.12. The molecule has 100 valence electrons. The van der Waals surface area contributed by atoms with Crippen molar-refractivity contribution < 1.29 is 4.79 Å². The zero-order valence-electron chi connectivity index (χ0n) is 11.6. The van der Waals surface area contributed by atoms with Gasteiger partial charge in [-0.1, -0.05) is 18.6 Å². The van der Waals surface area contributed by atoms with Gasteiger partial charge in [-0.15, -0.1) is 0 Å². The third-order valence-electron chi connectivity index (χ3n) is 4.07. The fraction of sp³-hybridized carbons (Fsp3) is 0.500. The highest BCUT2D eigenvalue weighted by molar-refractivity contribution is 5.80. The average molecular weight is 256 g/mol. The van der Waals surface area contributed by atoms with E-state index in [1.54, 1.807) is 0 Å². The lowest BCUT2D eigenvalue weighted by Gasteiger charge is -2.35. The van der Waals surface area contributed by atoms with Crippen LogP contribution in [0.4, 0.5) is 0 Å². The highest BCUT2D eigenvalue weighted by Crippen LogP contribution is 2.31. The Kier molecular flexibility index (Phi) is 4.21. The van der Waals surface area contributed by atoms with E-state index < -0.39 is 0 Å². The zero-order valence-corrected chi connectivity index (χ0v) is 11.6. The topological polar surface area (TPSA) is 44.1 Å². The van der Waals surface area contributed by atoms with Crippen molar-refractivity contribution in [3.63, 3.8) is 0 Å². The number of hydrogen-bond donors (Lipinski definition) is 0. The largest absolute Gasteiger partial charge is 0.336 e. The van der Waals surface area contributed by atoms with Crippen molar-refractivity contribution >= 4 is 5.91 Å². The van der Waals surface area contributed by atoms with Gasteiger partial charge in [-0.2, -0.15) is 5.26 Å². The van der Waals surface area contributed by atoms with Crippen LogP contribution >= 0.6 is 0 Å². The smallest absolute Gasteiger partial charge is 0.226 e. The van der Waals surface area contributed by atoms with Crippen molar-refractivity contribution in [3.05, 3.63) is 35.4 Å². The van der Waals surface area contributed by atoms with Crippen LogP contribution in [0.15, 0.2) is 24.3 Å². The number of nitrogens with zero attached hydrogens (tertiary/aromatic N) is 2. The molecule has 0 heterocycles. The molecule has 1 aliphatic rings. The van der Waals surface area contributed by atoms with E-state index in [0.29, 0.717) is 5.56 Å². The van der Waals surface area contributed by atoms with Gasteiger partial charge < -0.3 is 4.90 Å². The van der Waals surface area contributed by atoms with Crippen LogP contribution in [0.2, 0.25) is 0 Å². The first-order valence-corrected chi connectivity index (χ1v) is 6.98. The minimum Gasteiger partial charge on any atom is -0.336 e. The number of carbonyl (C=O) groups is 1. The minimum atomic E-state index is 0.0749. The van der Waals surface area contributed by atoms with Crippen LogP contribution in [0.5, 0.6) is 0 Å². The van der Waals surface area contributed by atoms with E-state index in [-0.39, 0.29) is 17.9 Å². The van der Waals surface area contributed by atoms with Gasteiger partial charge in [-0.05, 0) is 44.4 Å². The predicted molar refractivity (Wildman–Crippen MR) is 74.3 cm³/mol. The summed E-state index contributed by atoms with van der Waals surface area (Å²) < 4.78 is 0. The van der Waals surface area contributed by atoms with Crippen molar-refractivity contribution in [2.45, 2.75) is 39.2 Å². The number of amides is 1. The van der Waals surface area contributed by atoms with Crippen LogP contribution in [0.25, 0.3) is 0 Å². The SMILES string of the molecule is CCN(C(=O)C1CCC1)[C@@H](C)c1ccc(C#N)cc1.